The summed E-state index contributed by atoms with van der Waals surface area (Å²) >= 11 is 4.89. The lowest BCUT2D eigenvalue weighted by Crippen LogP contribution is -2.06. The molecular weight excluding hydrogens is 316 g/mol. The molecule has 1 heterocycles. The molecular formula is C12H11BrN2O2S. The van der Waals surface area contributed by atoms with E-state index < -0.39 is 5.97 Å². The maximum absolute atomic E-state index is 11.1. The minimum absolute atomic E-state index is 0.264. The van der Waals surface area contributed by atoms with Gasteiger partial charge >= 0.3 is 5.97 Å². The van der Waals surface area contributed by atoms with Gasteiger partial charge in [0, 0.05) is 9.35 Å². The molecule has 0 atom stereocenters. The van der Waals surface area contributed by atoms with Gasteiger partial charge in [-0.15, -0.1) is 11.3 Å². The number of anilines is 1. The summed E-state index contributed by atoms with van der Waals surface area (Å²) in [5, 5.41) is 12.2. The Kier molecular flexibility index (Phi) is 3.98. The first-order chi connectivity index (χ1) is 8.58. The van der Waals surface area contributed by atoms with E-state index in [-0.39, 0.29) is 5.56 Å². The van der Waals surface area contributed by atoms with E-state index in [1.807, 2.05) is 6.92 Å². The van der Waals surface area contributed by atoms with Crippen molar-refractivity contribution in [1.82, 2.24) is 4.98 Å². The third-order valence-corrected chi connectivity index (χ3v) is 3.92. The summed E-state index contributed by atoms with van der Waals surface area (Å²) in [6, 6.07) is 5.06. The van der Waals surface area contributed by atoms with Crippen LogP contribution >= 0.6 is 27.3 Å². The predicted molar refractivity (Wildman–Crippen MR) is 75.3 cm³/mol. The normalized spacial score (nSPS) is 10.3. The van der Waals surface area contributed by atoms with Gasteiger partial charge in [-0.3, -0.25) is 0 Å². The Bertz CT molecular complexity index is 583. The Morgan fingerprint density at radius 2 is 2.33 bits per heavy atom. The number of hydrogen-bond acceptors (Lipinski definition) is 4. The van der Waals surface area contributed by atoms with Crippen molar-refractivity contribution in [2.75, 3.05) is 5.32 Å². The fourth-order valence-corrected chi connectivity index (χ4v) is 2.60. The molecule has 1 aromatic heterocycles. The number of carbonyl (C=O) groups is 1. The highest BCUT2D eigenvalue weighted by Gasteiger charge is 2.10. The van der Waals surface area contributed by atoms with Crippen LogP contribution in [0.3, 0.4) is 0 Å². The number of hydrogen-bond donors (Lipinski definition) is 2. The van der Waals surface area contributed by atoms with Crippen LogP contribution in [0, 0.1) is 6.92 Å². The van der Waals surface area contributed by atoms with Gasteiger partial charge in [-0.05, 0) is 25.1 Å². The third kappa shape index (κ3) is 2.88. The van der Waals surface area contributed by atoms with E-state index in [0.717, 1.165) is 15.0 Å². The number of nitrogens with one attached hydrogen (secondary N) is 1. The fraction of sp³-hybridized carbons (Fsp3) is 0.167. The SMILES string of the molecule is Cc1ncsc1CNc1cc(Br)ccc1C(=O)O. The van der Waals surface area contributed by atoms with Crippen LogP contribution in [0.15, 0.2) is 28.2 Å². The second-order valence-electron chi connectivity index (χ2n) is 3.71. The van der Waals surface area contributed by atoms with Gasteiger partial charge in [-0.2, -0.15) is 0 Å². The zero-order chi connectivity index (χ0) is 13.1. The van der Waals surface area contributed by atoms with Crippen molar-refractivity contribution < 1.29 is 9.90 Å². The highest BCUT2D eigenvalue weighted by molar-refractivity contribution is 9.10. The Morgan fingerprint density at radius 3 is 2.94 bits per heavy atom. The van der Waals surface area contributed by atoms with Crippen LogP contribution in [-0.4, -0.2) is 16.1 Å². The molecule has 0 aliphatic carbocycles. The van der Waals surface area contributed by atoms with E-state index in [0.29, 0.717) is 12.2 Å². The minimum atomic E-state index is -0.939. The third-order valence-electron chi connectivity index (χ3n) is 2.50. The van der Waals surface area contributed by atoms with Crippen LogP contribution in [0.4, 0.5) is 5.69 Å². The topological polar surface area (TPSA) is 62.2 Å². The van der Waals surface area contributed by atoms with E-state index in [2.05, 4.69) is 26.2 Å². The van der Waals surface area contributed by atoms with Crippen molar-refractivity contribution in [2.24, 2.45) is 0 Å². The van der Waals surface area contributed by atoms with E-state index in [1.54, 1.807) is 35.0 Å². The zero-order valence-electron chi connectivity index (χ0n) is 9.61. The fourth-order valence-electron chi connectivity index (χ4n) is 1.52. The zero-order valence-corrected chi connectivity index (χ0v) is 12.0. The Balaban J connectivity index is 2.20. The van der Waals surface area contributed by atoms with Gasteiger partial charge in [0.1, 0.15) is 0 Å². The van der Waals surface area contributed by atoms with Gasteiger partial charge in [0.15, 0.2) is 0 Å². The molecule has 0 radical (unpaired) electrons. The number of carboxylic acid groups (broad SMARTS) is 1. The first kappa shape index (κ1) is 13.0. The molecule has 0 aliphatic heterocycles. The van der Waals surface area contributed by atoms with Gasteiger partial charge in [0.2, 0.25) is 0 Å². The highest BCUT2D eigenvalue weighted by atomic mass is 79.9. The maximum Gasteiger partial charge on any atom is 0.337 e. The van der Waals surface area contributed by atoms with Crippen molar-refractivity contribution in [3.63, 3.8) is 0 Å². The molecule has 6 heteroatoms. The van der Waals surface area contributed by atoms with Gasteiger partial charge in [-0.1, -0.05) is 15.9 Å². The average molecular weight is 327 g/mol. The molecule has 0 unspecified atom stereocenters. The first-order valence-electron chi connectivity index (χ1n) is 5.23. The number of halogens is 1. The number of carboxylic acids is 1. The summed E-state index contributed by atoms with van der Waals surface area (Å²) in [4.78, 5) is 16.4. The van der Waals surface area contributed by atoms with E-state index in [1.165, 1.54) is 0 Å². The molecule has 1 aromatic carbocycles. The molecule has 0 amide bonds. The van der Waals surface area contributed by atoms with Crippen LogP contribution in [-0.2, 0) is 6.54 Å². The molecule has 2 aromatic rings. The van der Waals surface area contributed by atoms with Gasteiger partial charge < -0.3 is 10.4 Å². The number of benzene rings is 1. The van der Waals surface area contributed by atoms with Gasteiger partial charge in [-0.25, -0.2) is 9.78 Å². The number of aromatic carboxylic acids is 1. The molecule has 2 N–H and O–H groups in total. The molecule has 0 fully saturated rings. The lowest BCUT2D eigenvalue weighted by Gasteiger charge is -2.09. The smallest absolute Gasteiger partial charge is 0.337 e. The Labute approximate surface area is 117 Å². The second-order valence-corrected chi connectivity index (χ2v) is 5.56. The van der Waals surface area contributed by atoms with E-state index >= 15 is 0 Å². The first-order valence-corrected chi connectivity index (χ1v) is 6.91. The van der Waals surface area contributed by atoms with Gasteiger partial charge in [0.25, 0.3) is 0 Å². The van der Waals surface area contributed by atoms with Crippen LogP contribution < -0.4 is 5.32 Å². The lowest BCUT2D eigenvalue weighted by atomic mass is 10.2. The van der Waals surface area contributed by atoms with Crippen LogP contribution in [0.1, 0.15) is 20.9 Å². The monoisotopic (exact) mass is 326 g/mol. The summed E-state index contributed by atoms with van der Waals surface area (Å²) in [5.74, 6) is -0.939. The lowest BCUT2D eigenvalue weighted by molar-refractivity contribution is 0.0698. The van der Waals surface area contributed by atoms with E-state index in [9.17, 15) is 4.79 Å². The standard InChI is InChI=1S/C12H11BrN2O2S/c1-7-11(18-6-15-7)5-14-10-4-8(13)2-3-9(10)12(16)17/h2-4,6,14H,5H2,1H3,(H,16,17). The molecule has 0 aliphatic rings. The minimum Gasteiger partial charge on any atom is -0.478 e. The number of rotatable bonds is 4. The summed E-state index contributed by atoms with van der Waals surface area (Å²) in [7, 11) is 0. The quantitative estimate of drug-likeness (QED) is 0.902. The van der Waals surface area contributed by atoms with Crippen LogP contribution in [0.2, 0.25) is 0 Å². The summed E-state index contributed by atoms with van der Waals surface area (Å²) in [6.07, 6.45) is 0. The maximum atomic E-state index is 11.1. The Hall–Kier alpha value is -1.40. The van der Waals surface area contributed by atoms with Crippen molar-refractivity contribution in [1.29, 1.82) is 0 Å². The number of aromatic nitrogens is 1. The second kappa shape index (κ2) is 5.49. The molecule has 0 bridgehead atoms. The van der Waals surface area contributed by atoms with Gasteiger partial charge in [0.05, 0.1) is 29.0 Å². The molecule has 94 valence electrons. The van der Waals surface area contributed by atoms with Crippen molar-refractivity contribution in [2.45, 2.75) is 13.5 Å². The summed E-state index contributed by atoms with van der Waals surface area (Å²) in [6.45, 7) is 2.51. The summed E-state index contributed by atoms with van der Waals surface area (Å²) in [5.41, 5.74) is 3.62. The highest BCUT2D eigenvalue weighted by Crippen LogP contribution is 2.23. The molecule has 0 saturated heterocycles. The molecule has 2 rings (SSSR count). The van der Waals surface area contributed by atoms with Crippen molar-refractivity contribution in [3.05, 3.63) is 44.3 Å². The Morgan fingerprint density at radius 1 is 1.56 bits per heavy atom. The van der Waals surface area contributed by atoms with Crippen LogP contribution in [0.25, 0.3) is 0 Å². The molecule has 4 nitrogen and oxygen atoms in total. The van der Waals surface area contributed by atoms with Crippen molar-refractivity contribution >= 4 is 38.9 Å². The molecule has 0 spiro atoms. The molecule has 0 saturated carbocycles. The molecule has 18 heavy (non-hydrogen) atoms. The number of nitrogens with zero attached hydrogens (tertiary/aromatic N) is 1. The number of thiazole rings is 1. The largest absolute Gasteiger partial charge is 0.478 e. The predicted octanol–water partition coefficient (Wildman–Crippen LogP) is 3.52. The number of aryl methyl sites for hydroxylation is 1. The van der Waals surface area contributed by atoms with Crippen molar-refractivity contribution in [3.8, 4) is 0 Å². The van der Waals surface area contributed by atoms with E-state index in [4.69, 9.17) is 5.11 Å². The average Bonchev–Trinajstić information content (AvgIpc) is 2.72. The summed E-state index contributed by atoms with van der Waals surface area (Å²) < 4.78 is 0.844. The van der Waals surface area contributed by atoms with Crippen LogP contribution in [0.5, 0.6) is 0 Å².